The lowest BCUT2D eigenvalue weighted by molar-refractivity contribution is -0.119. The van der Waals surface area contributed by atoms with Gasteiger partial charge in [-0.3, -0.25) is 9.79 Å². The quantitative estimate of drug-likeness (QED) is 0.387. The fourth-order valence-corrected chi connectivity index (χ4v) is 2.73. The first-order valence-electron chi connectivity index (χ1n) is 8.38. The van der Waals surface area contributed by atoms with E-state index < -0.39 is 0 Å². The second kappa shape index (κ2) is 8.98. The molecule has 1 rings (SSSR count). The molecule has 0 radical (unpaired) electrons. The number of amides is 1. The molecule has 1 amide bonds. The minimum Gasteiger partial charge on any atom is -0.370 e. The molecule has 0 bridgehead atoms. The van der Waals surface area contributed by atoms with Crippen LogP contribution in [0, 0.1) is 5.92 Å². The Morgan fingerprint density at radius 1 is 1.41 bits per heavy atom. The summed E-state index contributed by atoms with van der Waals surface area (Å²) < 4.78 is 0. The fraction of sp³-hybridized carbons (Fsp3) is 0.875. The molecule has 1 fully saturated rings. The van der Waals surface area contributed by atoms with Crippen LogP contribution in [0.5, 0.6) is 0 Å². The number of carbonyl (C=O) groups excluding carboxylic acids is 1. The van der Waals surface area contributed by atoms with Crippen molar-refractivity contribution in [3.8, 4) is 0 Å². The second-order valence-electron chi connectivity index (χ2n) is 7.04. The molecule has 0 aromatic rings. The average molecular weight is 311 g/mol. The van der Waals surface area contributed by atoms with Gasteiger partial charge in [0.25, 0.3) is 0 Å². The van der Waals surface area contributed by atoms with Crippen molar-refractivity contribution in [1.29, 1.82) is 0 Å². The fourth-order valence-electron chi connectivity index (χ4n) is 2.73. The molecular formula is C16H33N5O. The summed E-state index contributed by atoms with van der Waals surface area (Å²) in [4.78, 5) is 18.1. The highest BCUT2D eigenvalue weighted by Gasteiger charge is 2.23. The van der Waals surface area contributed by atoms with E-state index in [2.05, 4.69) is 43.2 Å². The number of carbonyl (C=O) groups is 1. The molecule has 1 heterocycles. The highest BCUT2D eigenvalue weighted by Crippen LogP contribution is 2.19. The largest absolute Gasteiger partial charge is 0.370 e. The number of nitrogens with two attached hydrogens (primary N) is 1. The van der Waals surface area contributed by atoms with Crippen LogP contribution in [0.1, 0.15) is 47.0 Å². The lowest BCUT2D eigenvalue weighted by atomic mass is 9.95. The molecule has 1 unspecified atom stereocenters. The van der Waals surface area contributed by atoms with Crippen LogP contribution < -0.4 is 16.4 Å². The van der Waals surface area contributed by atoms with Crippen LogP contribution in [0.15, 0.2) is 4.99 Å². The summed E-state index contributed by atoms with van der Waals surface area (Å²) in [6, 6.07) is 0. The maximum absolute atomic E-state index is 11.1. The molecule has 6 nitrogen and oxygen atoms in total. The Labute approximate surface area is 134 Å². The predicted octanol–water partition coefficient (Wildman–Crippen LogP) is 0.927. The Kier molecular flexibility index (Phi) is 7.65. The van der Waals surface area contributed by atoms with Crippen molar-refractivity contribution in [2.45, 2.75) is 52.5 Å². The Morgan fingerprint density at radius 2 is 2.14 bits per heavy atom. The SMILES string of the molecule is CCNC(=NCCNC(C)(C)C)N1CCCC(CC(N)=O)C1. The Balaban J connectivity index is 2.55. The van der Waals surface area contributed by atoms with Crippen LogP contribution >= 0.6 is 0 Å². The van der Waals surface area contributed by atoms with Gasteiger partial charge in [-0.05, 0) is 46.5 Å². The maximum atomic E-state index is 11.1. The lowest BCUT2D eigenvalue weighted by Gasteiger charge is -2.34. The van der Waals surface area contributed by atoms with E-state index in [0.717, 1.165) is 51.5 Å². The first-order chi connectivity index (χ1) is 10.3. The minimum atomic E-state index is -0.205. The lowest BCUT2D eigenvalue weighted by Crippen LogP contribution is -2.47. The molecular weight excluding hydrogens is 278 g/mol. The normalized spacial score (nSPS) is 20.1. The average Bonchev–Trinajstić information content (AvgIpc) is 2.40. The Morgan fingerprint density at radius 3 is 2.73 bits per heavy atom. The third kappa shape index (κ3) is 7.64. The molecule has 0 aromatic heterocycles. The van der Waals surface area contributed by atoms with Crippen molar-refractivity contribution < 1.29 is 4.79 Å². The Hall–Kier alpha value is -1.30. The van der Waals surface area contributed by atoms with Crippen LogP contribution in [-0.2, 0) is 4.79 Å². The van der Waals surface area contributed by atoms with Crippen LogP contribution in [0.4, 0.5) is 0 Å². The van der Waals surface area contributed by atoms with Gasteiger partial charge >= 0.3 is 0 Å². The molecule has 4 N–H and O–H groups in total. The van der Waals surface area contributed by atoms with Gasteiger partial charge in [-0.25, -0.2) is 0 Å². The van der Waals surface area contributed by atoms with Gasteiger partial charge in [-0.2, -0.15) is 0 Å². The number of hydrogen-bond acceptors (Lipinski definition) is 3. The van der Waals surface area contributed by atoms with E-state index in [1.807, 2.05) is 0 Å². The van der Waals surface area contributed by atoms with Crippen molar-refractivity contribution in [2.24, 2.45) is 16.6 Å². The topological polar surface area (TPSA) is 82.8 Å². The summed E-state index contributed by atoms with van der Waals surface area (Å²) in [6.07, 6.45) is 2.63. The van der Waals surface area contributed by atoms with Crippen molar-refractivity contribution in [2.75, 3.05) is 32.7 Å². The molecule has 22 heavy (non-hydrogen) atoms. The molecule has 0 spiro atoms. The predicted molar refractivity (Wildman–Crippen MR) is 91.8 cm³/mol. The number of guanidine groups is 1. The number of nitrogens with zero attached hydrogens (tertiary/aromatic N) is 2. The number of primary amides is 1. The van der Waals surface area contributed by atoms with Gasteiger partial charge in [0.05, 0.1) is 6.54 Å². The minimum absolute atomic E-state index is 0.117. The zero-order valence-corrected chi connectivity index (χ0v) is 14.6. The van der Waals surface area contributed by atoms with E-state index in [4.69, 9.17) is 10.7 Å². The smallest absolute Gasteiger partial charge is 0.217 e. The second-order valence-corrected chi connectivity index (χ2v) is 7.04. The molecule has 1 aliphatic heterocycles. The molecule has 128 valence electrons. The molecule has 1 atom stereocenters. The molecule has 1 aliphatic rings. The van der Waals surface area contributed by atoms with Crippen LogP contribution in [0.2, 0.25) is 0 Å². The van der Waals surface area contributed by atoms with E-state index >= 15 is 0 Å². The highest BCUT2D eigenvalue weighted by molar-refractivity contribution is 5.80. The van der Waals surface area contributed by atoms with Crippen LogP contribution in [0.25, 0.3) is 0 Å². The van der Waals surface area contributed by atoms with E-state index in [9.17, 15) is 4.79 Å². The van der Waals surface area contributed by atoms with Gasteiger partial charge in [0, 0.05) is 38.1 Å². The van der Waals surface area contributed by atoms with Crippen LogP contribution in [-0.4, -0.2) is 55.0 Å². The van der Waals surface area contributed by atoms with Crippen molar-refractivity contribution >= 4 is 11.9 Å². The number of nitrogens with one attached hydrogen (secondary N) is 2. The number of hydrogen-bond donors (Lipinski definition) is 3. The zero-order valence-electron chi connectivity index (χ0n) is 14.6. The van der Waals surface area contributed by atoms with Gasteiger partial charge in [-0.15, -0.1) is 0 Å². The monoisotopic (exact) mass is 311 g/mol. The third-order valence-corrected chi connectivity index (χ3v) is 3.67. The molecule has 6 heteroatoms. The number of rotatable bonds is 6. The van der Waals surface area contributed by atoms with Crippen molar-refractivity contribution in [1.82, 2.24) is 15.5 Å². The summed E-state index contributed by atoms with van der Waals surface area (Å²) in [7, 11) is 0. The summed E-state index contributed by atoms with van der Waals surface area (Å²) in [5.41, 5.74) is 5.45. The van der Waals surface area contributed by atoms with Gasteiger partial charge < -0.3 is 21.3 Å². The summed E-state index contributed by atoms with van der Waals surface area (Å²) in [5.74, 6) is 1.10. The van der Waals surface area contributed by atoms with Gasteiger partial charge in [0.2, 0.25) is 5.91 Å². The van der Waals surface area contributed by atoms with E-state index in [1.54, 1.807) is 0 Å². The van der Waals surface area contributed by atoms with Crippen LogP contribution in [0.3, 0.4) is 0 Å². The summed E-state index contributed by atoms with van der Waals surface area (Å²) >= 11 is 0. The van der Waals surface area contributed by atoms with Gasteiger partial charge in [0.1, 0.15) is 0 Å². The first kappa shape index (κ1) is 18.7. The molecule has 1 saturated heterocycles. The molecule has 0 aromatic carbocycles. The Bertz CT molecular complexity index is 375. The standard InChI is InChI=1S/C16H33N5O/c1-5-18-15(19-8-9-20-16(2,3)4)21-10-6-7-13(12-21)11-14(17)22/h13,20H,5-12H2,1-4H3,(H2,17,22)(H,18,19). The first-order valence-corrected chi connectivity index (χ1v) is 8.38. The zero-order chi connectivity index (χ0) is 16.6. The van der Waals surface area contributed by atoms with E-state index in [-0.39, 0.29) is 11.4 Å². The number of piperidine rings is 1. The van der Waals surface area contributed by atoms with Gasteiger partial charge in [0.15, 0.2) is 5.96 Å². The van der Waals surface area contributed by atoms with E-state index in [1.165, 1.54) is 0 Å². The van der Waals surface area contributed by atoms with Crippen molar-refractivity contribution in [3.63, 3.8) is 0 Å². The van der Waals surface area contributed by atoms with E-state index in [0.29, 0.717) is 12.3 Å². The maximum Gasteiger partial charge on any atom is 0.217 e. The third-order valence-electron chi connectivity index (χ3n) is 3.67. The number of likely N-dealkylation sites (tertiary alicyclic amines) is 1. The van der Waals surface area contributed by atoms with Crippen molar-refractivity contribution in [3.05, 3.63) is 0 Å². The molecule has 0 saturated carbocycles. The number of aliphatic imine (C=N–C) groups is 1. The summed E-state index contributed by atoms with van der Waals surface area (Å²) in [6.45, 7) is 12.8. The highest BCUT2D eigenvalue weighted by atomic mass is 16.1. The molecule has 0 aliphatic carbocycles. The van der Waals surface area contributed by atoms with Gasteiger partial charge in [-0.1, -0.05) is 0 Å². The summed E-state index contributed by atoms with van der Waals surface area (Å²) in [5, 5.41) is 6.80.